The summed E-state index contributed by atoms with van der Waals surface area (Å²) in [7, 11) is 0. The second-order valence-corrected chi connectivity index (χ2v) is 6.57. The monoisotopic (exact) mass is 253 g/mol. The van der Waals surface area contributed by atoms with Crippen LogP contribution in [0.2, 0.25) is 0 Å². The summed E-state index contributed by atoms with van der Waals surface area (Å²) in [5.41, 5.74) is 0.885. The first-order valence-corrected chi connectivity index (χ1v) is 7.53. The Labute approximate surface area is 105 Å². The fourth-order valence-corrected chi connectivity index (χ4v) is 4.50. The number of aromatic nitrogens is 1. The van der Waals surface area contributed by atoms with Crippen LogP contribution in [-0.2, 0) is 11.2 Å². The molecule has 2 rings (SSSR count). The van der Waals surface area contributed by atoms with Gasteiger partial charge < -0.3 is 0 Å². The molecule has 1 aromatic heterocycles. The second-order valence-electron chi connectivity index (χ2n) is 3.83. The Morgan fingerprint density at radius 1 is 1.44 bits per heavy atom. The standard InChI is InChI=1S/C12H15NOS2/c1-9-12(16-7-6-15-9)11(14)8-10-4-2-3-5-13-10/h2-5,9,12H,6-8H2,1H3. The Morgan fingerprint density at radius 2 is 2.25 bits per heavy atom. The largest absolute Gasteiger partial charge is 0.298 e. The van der Waals surface area contributed by atoms with Gasteiger partial charge in [-0.1, -0.05) is 13.0 Å². The van der Waals surface area contributed by atoms with Crippen LogP contribution in [0.25, 0.3) is 0 Å². The number of ketones is 1. The lowest BCUT2D eigenvalue weighted by molar-refractivity contribution is -0.117. The Balaban J connectivity index is 1.97. The summed E-state index contributed by atoms with van der Waals surface area (Å²) in [6.45, 7) is 2.15. The van der Waals surface area contributed by atoms with E-state index in [1.165, 1.54) is 5.75 Å². The third kappa shape index (κ3) is 3.01. The quantitative estimate of drug-likeness (QED) is 0.827. The van der Waals surface area contributed by atoms with Crippen molar-refractivity contribution in [1.29, 1.82) is 0 Å². The summed E-state index contributed by atoms with van der Waals surface area (Å²) in [4.78, 5) is 16.3. The predicted octanol–water partition coefficient (Wildman–Crippen LogP) is 2.43. The Morgan fingerprint density at radius 3 is 2.94 bits per heavy atom. The van der Waals surface area contributed by atoms with Crippen molar-refractivity contribution in [2.24, 2.45) is 0 Å². The minimum absolute atomic E-state index is 0.153. The van der Waals surface area contributed by atoms with E-state index in [1.807, 2.05) is 30.0 Å². The van der Waals surface area contributed by atoms with Crippen molar-refractivity contribution >= 4 is 29.3 Å². The molecule has 1 fully saturated rings. The number of rotatable bonds is 3. The lowest BCUT2D eigenvalue weighted by Crippen LogP contribution is -2.32. The van der Waals surface area contributed by atoms with Crippen molar-refractivity contribution in [1.82, 2.24) is 4.98 Å². The van der Waals surface area contributed by atoms with Crippen LogP contribution in [0.5, 0.6) is 0 Å². The average Bonchev–Trinajstić information content (AvgIpc) is 2.31. The summed E-state index contributed by atoms with van der Waals surface area (Å²) in [5, 5.41) is 0.593. The molecule has 0 aromatic carbocycles. The molecule has 0 bridgehead atoms. The van der Waals surface area contributed by atoms with Crippen LogP contribution in [0.3, 0.4) is 0 Å². The molecule has 16 heavy (non-hydrogen) atoms. The zero-order valence-corrected chi connectivity index (χ0v) is 10.9. The Bertz CT molecular complexity index is 355. The van der Waals surface area contributed by atoms with Gasteiger partial charge in [-0.25, -0.2) is 0 Å². The first kappa shape index (κ1) is 12.0. The zero-order valence-electron chi connectivity index (χ0n) is 9.26. The molecule has 4 heteroatoms. The predicted molar refractivity (Wildman–Crippen MR) is 71.1 cm³/mol. The third-order valence-electron chi connectivity index (χ3n) is 2.59. The summed E-state index contributed by atoms with van der Waals surface area (Å²) in [6, 6.07) is 5.73. The molecule has 0 radical (unpaired) electrons. The van der Waals surface area contributed by atoms with E-state index in [1.54, 1.807) is 18.0 Å². The number of thioether (sulfide) groups is 2. The highest BCUT2D eigenvalue weighted by atomic mass is 32.2. The second kappa shape index (κ2) is 5.73. The number of pyridine rings is 1. The van der Waals surface area contributed by atoms with E-state index in [4.69, 9.17) is 0 Å². The van der Waals surface area contributed by atoms with Gasteiger partial charge in [-0.05, 0) is 12.1 Å². The number of nitrogens with zero attached hydrogens (tertiary/aromatic N) is 1. The van der Waals surface area contributed by atoms with E-state index in [2.05, 4.69) is 11.9 Å². The molecule has 2 nitrogen and oxygen atoms in total. The van der Waals surface area contributed by atoms with Crippen LogP contribution < -0.4 is 0 Å². The number of hydrogen-bond acceptors (Lipinski definition) is 4. The molecule has 0 spiro atoms. The smallest absolute Gasteiger partial charge is 0.152 e. The van der Waals surface area contributed by atoms with Crippen molar-refractivity contribution < 1.29 is 4.79 Å². The maximum absolute atomic E-state index is 12.1. The van der Waals surface area contributed by atoms with Crippen molar-refractivity contribution in [3.05, 3.63) is 30.1 Å². The van der Waals surface area contributed by atoms with Gasteiger partial charge in [0.1, 0.15) is 0 Å². The maximum Gasteiger partial charge on any atom is 0.152 e. The zero-order chi connectivity index (χ0) is 11.4. The van der Waals surface area contributed by atoms with Crippen molar-refractivity contribution in [2.45, 2.75) is 23.8 Å². The summed E-state index contributed by atoms with van der Waals surface area (Å²) >= 11 is 3.70. The van der Waals surface area contributed by atoms with Gasteiger partial charge in [0.05, 0.1) is 5.25 Å². The minimum atomic E-state index is 0.153. The Kier molecular flexibility index (Phi) is 4.29. The van der Waals surface area contributed by atoms with Crippen LogP contribution in [-0.4, -0.2) is 32.8 Å². The molecule has 0 amide bonds. The van der Waals surface area contributed by atoms with Gasteiger partial charge in [-0.3, -0.25) is 9.78 Å². The van der Waals surface area contributed by atoms with E-state index in [0.717, 1.165) is 11.4 Å². The van der Waals surface area contributed by atoms with Gasteiger partial charge in [0, 0.05) is 35.1 Å². The summed E-state index contributed by atoms with van der Waals surface area (Å²) < 4.78 is 0. The summed E-state index contributed by atoms with van der Waals surface area (Å²) in [5.74, 6) is 2.58. The van der Waals surface area contributed by atoms with Gasteiger partial charge >= 0.3 is 0 Å². The van der Waals surface area contributed by atoms with E-state index >= 15 is 0 Å². The maximum atomic E-state index is 12.1. The van der Waals surface area contributed by atoms with Gasteiger partial charge in [0.15, 0.2) is 5.78 Å². The SMILES string of the molecule is CC1SCCSC1C(=O)Cc1ccccn1. The van der Waals surface area contributed by atoms with E-state index < -0.39 is 0 Å². The Hall–Kier alpha value is -0.480. The molecule has 86 valence electrons. The molecule has 1 aliphatic heterocycles. The number of carbonyl (C=O) groups excluding carboxylic acids is 1. The highest BCUT2D eigenvalue weighted by molar-refractivity contribution is 8.07. The van der Waals surface area contributed by atoms with Crippen molar-refractivity contribution in [3.63, 3.8) is 0 Å². The highest BCUT2D eigenvalue weighted by Gasteiger charge is 2.28. The van der Waals surface area contributed by atoms with Crippen molar-refractivity contribution in [3.8, 4) is 0 Å². The number of carbonyl (C=O) groups is 1. The topological polar surface area (TPSA) is 30.0 Å². The van der Waals surface area contributed by atoms with Gasteiger partial charge in [0.2, 0.25) is 0 Å². The first-order chi connectivity index (χ1) is 7.77. The molecular formula is C12H15NOS2. The molecule has 1 saturated heterocycles. The molecule has 2 heterocycles. The van der Waals surface area contributed by atoms with Crippen LogP contribution in [0.15, 0.2) is 24.4 Å². The average molecular weight is 253 g/mol. The van der Waals surface area contributed by atoms with Crippen LogP contribution in [0.4, 0.5) is 0 Å². The third-order valence-corrected chi connectivity index (χ3v) is 5.73. The van der Waals surface area contributed by atoms with Gasteiger partial charge in [0.25, 0.3) is 0 Å². The molecular weight excluding hydrogens is 238 g/mol. The summed E-state index contributed by atoms with van der Waals surface area (Å²) in [6.07, 6.45) is 2.22. The molecule has 2 unspecified atom stereocenters. The van der Waals surface area contributed by atoms with Gasteiger partial charge in [-0.15, -0.1) is 11.8 Å². The fourth-order valence-electron chi connectivity index (χ4n) is 1.77. The number of Topliss-reactive ketones (excluding diaryl/α,β-unsaturated/α-hetero) is 1. The lowest BCUT2D eigenvalue weighted by atomic mass is 10.1. The van der Waals surface area contributed by atoms with E-state index in [0.29, 0.717) is 17.5 Å². The van der Waals surface area contributed by atoms with Crippen LogP contribution in [0, 0.1) is 0 Å². The van der Waals surface area contributed by atoms with E-state index in [9.17, 15) is 4.79 Å². The molecule has 1 aliphatic rings. The minimum Gasteiger partial charge on any atom is -0.298 e. The molecule has 0 N–H and O–H groups in total. The molecule has 0 saturated carbocycles. The normalized spacial score (nSPS) is 25.3. The molecule has 2 atom stereocenters. The van der Waals surface area contributed by atoms with Crippen molar-refractivity contribution in [2.75, 3.05) is 11.5 Å². The van der Waals surface area contributed by atoms with Crippen LogP contribution >= 0.6 is 23.5 Å². The fraction of sp³-hybridized carbons (Fsp3) is 0.500. The lowest BCUT2D eigenvalue weighted by Gasteiger charge is -2.26. The molecule has 0 aliphatic carbocycles. The van der Waals surface area contributed by atoms with Gasteiger partial charge in [-0.2, -0.15) is 11.8 Å². The van der Waals surface area contributed by atoms with E-state index in [-0.39, 0.29) is 5.25 Å². The highest BCUT2D eigenvalue weighted by Crippen LogP contribution is 2.31. The molecule has 1 aromatic rings. The first-order valence-electron chi connectivity index (χ1n) is 5.43. The van der Waals surface area contributed by atoms with Crippen LogP contribution in [0.1, 0.15) is 12.6 Å². The number of hydrogen-bond donors (Lipinski definition) is 0.